The van der Waals surface area contributed by atoms with Crippen LogP contribution in [0.25, 0.3) is 0 Å². The number of carboxylic acid groups (broad SMARTS) is 1. The minimum atomic E-state index is -0.832. The van der Waals surface area contributed by atoms with Gasteiger partial charge < -0.3 is 14.7 Å². The van der Waals surface area contributed by atoms with E-state index < -0.39 is 11.4 Å². The summed E-state index contributed by atoms with van der Waals surface area (Å²) in [6.07, 6.45) is 3.59. The number of aliphatic carboxylic acids is 1. The van der Waals surface area contributed by atoms with E-state index >= 15 is 0 Å². The number of hydrogen-bond donors (Lipinski definition) is 1. The van der Waals surface area contributed by atoms with Crippen LogP contribution in [-0.2, 0) is 27.3 Å². The van der Waals surface area contributed by atoms with Gasteiger partial charge in [-0.2, -0.15) is 0 Å². The van der Waals surface area contributed by atoms with Gasteiger partial charge in [0.15, 0.2) is 0 Å². The molecule has 3 rings (SSSR count). The number of ether oxygens (including phenoxy) is 1. The molecule has 0 saturated carbocycles. The molecule has 1 N–H and O–H groups in total. The van der Waals surface area contributed by atoms with Gasteiger partial charge in [0.1, 0.15) is 0 Å². The molecule has 1 fully saturated rings. The predicted molar refractivity (Wildman–Crippen MR) is 102 cm³/mol. The van der Waals surface area contributed by atoms with Crippen molar-refractivity contribution in [3.05, 3.63) is 35.4 Å². The molecule has 1 atom stereocenters. The molecule has 1 aromatic rings. The van der Waals surface area contributed by atoms with Crippen LogP contribution >= 0.6 is 0 Å². The first kappa shape index (κ1) is 19.8. The van der Waals surface area contributed by atoms with Crippen molar-refractivity contribution in [2.45, 2.75) is 38.6 Å². The Labute approximate surface area is 161 Å². The van der Waals surface area contributed by atoms with Crippen LogP contribution in [0.1, 0.15) is 36.8 Å². The molecule has 0 aromatic heterocycles. The number of likely N-dealkylation sites (tertiary alicyclic amines) is 1. The van der Waals surface area contributed by atoms with Crippen molar-refractivity contribution < 1.29 is 19.4 Å². The van der Waals surface area contributed by atoms with E-state index in [9.17, 15) is 14.7 Å². The number of piperidine rings is 1. The zero-order valence-corrected chi connectivity index (χ0v) is 16.2. The Morgan fingerprint density at radius 3 is 2.74 bits per heavy atom. The standard InChI is InChI=1S/C21H30N2O4/c1-27-13-5-10-21(20(25)26)9-4-11-23(16-21)19(24)15-22-12-8-17-6-2-3-7-18(17)14-22/h2-3,6-7H,4-5,8-16H2,1H3,(H,25,26). The van der Waals surface area contributed by atoms with E-state index in [1.54, 1.807) is 12.0 Å². The smallest absolute Gasteiger partial charge is 0.311 e. The molecule has 6 heteroatoms. The molecule has 1 saturated heterocycles. The maximum Gasteiger partial charge on any atom is 0.311 e. The van der Waals surface area contributed by atoms with Gasteiger partial charge >= 0.3 is 5.97 Å². The summed E-state index contributed by atoms with van der Waals surface area (Å²) < 4.78 is 5.08. The van der Waals surface area contributed by atoms with Crippen LogP contribution in [0.15, 0.2) is 24.3 Å². The van der Waals surface area contributed by atoms with E-state index in [0.717, 1.165) is 25.9 Å². The second-order valence-corrected chi connectivity index (χ2v) is 7.83. The highest BCUT2D eigenvalue weighted by atomic mass is 16.5. The summed E-state index contributed by atoms with van der Waals surface area (Å²) in [5.74, 6) is -0.741. The highest BCUT2D eigenvalue weighted by Gasteiger charge is 2.43. The molecule has 0 bridgehead atoms. The number of carbonyl (C=O) groups is 2. The second kappa shape index (κ2) is 8.85. The summed E-state index contributed by atoms with van der Waals surface area (Å²) in [5.41, 5.74) is 1.82. The fraction of sp³-hybridized carbons (Fsp3) is 0.619. The lowest BCUT2D eigenvalue weighted by molar-refractivity contribution is -0.156. The Morgan fingerprint density at radius 1 is 1.22 bits per heavy atom. The third-order valence-corrected chi connectivity index (χ3v) is 5.96. The molecule has 0 radical (unpaired) electrons. The number of amides is 1. The third kappa shape index (κ3) is 4.68. The van der Waals surface area contributed by atoms with Gasteiger partial charge in [0.2, 0.25) is 5.91 Å². The van der Waals surface area contributed by atoms with Crippen molar-refractivity contribution in [1.82, 2.24) is 9.80 Å². The normalized spacial score (nSPS) is 23.1. The van der Waals surface area contributed by atoms with Crippen molar-refractivity contribution in [1.29, 1.82) is 0 Å². The Morgan fingerprint density at radius 2 is 2.00 bits per heavy atom. The number of benzene rings is 1. The van der Waals surface area contributed by atoms with Gasteiger partial charge in [0.05, 0.1) is 12.0 Å². The highest BCUT2D eigenvalue weighted by molar-refractivity contribution is 5.81. The van der Waals surface area contributed by atoms with E-state index in [1.165, 1.54) is 11.1 Å². The first-order valence-corrected chi connectivity index (χ1v) is 9.83. The number of hydrogen-bond acceptors (Lipinski definition) is 4. The van der Waals surface area contributed by atoms with Crippen molar-refractivity contribution >= 4 is 11.9 Å². The molecular formula is C21H30N2O4. The maximum absolute atomic E-state index is 12.9. The second-order valence-electron chi connectivity index (χ2n) is 7.83. The van der Waals surface area contributed by atoms with Gasteiger partial charge in [-0.15, -0.1) is 0 Å². The zero-order chi connectivity index (χ0) is 19.3. The van der Waals surface area contributed by atoms with Gasteiger partial charge in [-0.3, -0.25) is 14.5 Å². The molecule has 1 unspecified atom stereocenters. The van der Waals surface area contributed by atoms with Gasteiger partial charge in [-0.05, 0) is 43.2 Å². The van der Waals surface area contributed by atoms with Crippen molar-refractivity contribution in [3.8, 4) is 0 Å². The molecular weight excluding hydrogens is 344 g/mol. The monoisotopic (exact) mass is 374 g/mol. The molecule has 6 nitrogen and oxygen atoms in total. The van der Waals surface area contributed by atoms with E-state index in [0.29, 0.717) is 45.5 Å². The van der Waals surface area contributed by atoms with E-state index in [-0.39, 0.29) is 5.91 Å². The lowest BCUT2D eigenvalue weighted by Crippen LogP contribution is -2.52. The van der Waals surface area contributed by atoms with Crippen molar-refractivity contribution in [3.63, 3.8) is 0 Å². The molecule has 1 amide bonds. The lowest BCUT2D eigenvalue weighted by Gasteiger charge is -2.41. The molecule has 1 aromatic carbocycles. The summed E-state index contributed by atoms with van der Waals surface area (Å²) >= 11 is 0. The summed E-state index contributed by atoms with van der Waals surface area (Å²) in [7, 11) is 1.63. The van der Waals surface area contributed by atoms with E-state index in [4.69, 9.17) is 4.74 Å². The minimum absolute atomic E-state index is 0.0476. The van der Waals surface area contributed by atoms with E-state index in [1.807, 2.05) is 6.07 Å². The number of fused-ring (bicyclic) bond motifs is 1. The Balaban J connectivity index is 1.60. The number of carboxylic acids is 1. The van der Waals surface area contributed by atoms with Gasteiger partial charge in [0, 0.05) is 39.9 Å². The minimum Gasteiger partial charge on any atom is -0.481 e. The topological polar surface area (TPSA) is 70.1 Å². The van der Waals surface area contributed by atoms with Crippen LogP contribution in [0.2, 0.25) is 0 Å². The van der Waals surface area contributed by atoms with Crippen LogP contribution in [0.3, 0.4) is 0 Å². The largest absolute Gasteiger partial charge is 0.481 e. The average molecular weight is 374 g/mol. The molecule has 0 aliphatic carbocycles. The predicted octanol–water partition coefficient (Wildman–Crippen LogP) is 2.16. The highest BCUT2D eigenvalue weighted by Crippen LogP contribution is 2.35. The van der Waals surface area contributed by atoms with Gasteiger partial charge in [0.25, 0.3) is 0 Å². The molecule has 2 heterocycles. The van der Waals surface area contributed by atoms with Gasteiger partial charge in [-0.25, -0.2) is 0 Å². The lowest BCUT2D eigenvalue weighted by atomic mass is 9.76. The van der Waals surface area contributed by atoms with E-state index in [2.05, 4.69) is 23.1 Å². The molecule has 0 spiro atoms. The fourth-order valence-corrected chi connectivity index (χ4v) is 4.37. The first-order valence-electron chi connectivity index (χ1n) is 9.83. The van der Waals surface area contributed by atoms with Crippen LogP contribution in [0, 0.1) is 5.41 Å². The van der Waals surface area contributed by atoms with Crippen LogP contribution in [-0.4, -0.2) is 66.7 Å². The SMILES string of the molecule is COCCCC1(C(=O)O)CCCN(C(=O)CN2CCc3ccccc3C2)C1. The van der Waals surface area contributed by atoms with Crippen LogP contribution in [0.4, 0.5) is 0 Å². The Bertz CT molecular complexity index is 678. The van der Waals surface area contributed by atoms with Crippen molar-refractivity contribution in [2.75, 3.05) is 39.9 Å². The first-order chi connectivity index (χ1) is 13.0. The zero-order valence-electron chi connectivity index (χ0n) is 16.2. The fourth-order valence-electron chi connectivity index (χ4n) is 4.37. The Hall–Kier alpha value is -1.92. The molecule has 2 aliphatic heterocycles. The number of carbonyl (C=O) groups excluding carboxylic acids is 1. The quantitative estimate of drug-likeness (QED) is 0.741. The maximum atomic E-state index is 12.9. The third-order valence-electron chi connectivity index (χ3n) is 5.96. The average Bonchev–Trinajstić information content (AvgIpc) is 2.68. The van der Waals surface area contributed by atoms with Crippen LogP contribution in [0.5, 0.6) is 0 Å². The molecule has 27 heavy (non-hydrogen) atoms. The molecule has 2 aliphatic rings. The number of nitrogens with zero attached hydrogens (tertiary/aromatic N) is 2. The van der Waals surface area contributed by atoms with Crippen molar-refractivity contribution in [2.24, 2.45) is 5.41 Å². The summed E-state index contributed by atoms with van der Waals surface area (Å²) in [6.45, 7) is 3.54. The van der Waals surface area contributed by atoms with Gasteiger partial charge in [-0.1, -0.05) is 24.3 Å². The number of rotatable bonds is 7. The summed E-state index contributed by atoms with van der Waals surface area (Å²) in [5, 5.41) is 9.83. The Kier molecular flexibility index (Phi) is 6.50. The summed E-state index contributed by atoms with van der Waals surface area (Å²) in [4.78, 5) is 28.8. The molecule has 148 valence electrons. The van der Waals surface area contributed by atoms with Crippen LogP contribution < -0.4 is 0 Å². The number of methoxy groups -OCH3 is 1. The summed E-state index contributed by atoms with van der Waals surface area (Å²) in [6, 6.07) is 8.37.